The number of benzene rings is 1. The van der Waals surface area contributed by atoms with E-state index >= 15 is 0 Å². The molecule has 0 bridgehead atoms. The van der Waals surface area contributed by atoms with Gasteiger partial charge in [0.05, 0.1) is 40.2 Å². The van der Waals surface area contributed by atoms with Crippen molar-refractivity contribution >= 4 is 44.7 Å². The van der Waals surface area contributed by atoms with Crippen LogP contribution >= 0.6 is 11.3 Å². The van der Waals surface area contributed by atoms with E-state index in [1.54, 1.807) is 24.3 Å². The number of amides is 1. The molecule has 2 aliphatic heterocycles. The molecular weight excluding hydrogens is 436 g/mol. The topological polar surface area (TPSA) is 91.8 Å². The highest BCUT2D eigenvalue weighted by Gasteiger charge is 2.28. The molecule has 0 aliphatic carbocycles. The van der Waals surface area contributed by atoms with Crippen LogP contribution in [-0.4, -0.2) is 63.0 Å². The lowest BCUT2D eigenvalue weighted by molar-refractivity contribution is -0.111. The number of hydrogen-bond donors (Lipinski definition) is 1. The van der Waals surface area contributed by atoms with Crippen molar-refractivity contribution in [3.63, 3.8) is 0 Å². The number of aromatic nitrogens is 1. The van der Waals surface area contributed by atoms with E-state index in [1.807, 2.05) is 12.3 Å². The molecule has 31 heavy (non-hydrogen) atoms. The van der Waals surface area contributed by atoms with Crippen molar-refractivity contribution in [2.75, 3.05) is 49.6 Å². The van der Waals surface area contributed by atoms with Gasteiger partial charge in [-0.3, -0.25) is 4.79 Å². The Balaban J connectivity index is 1.60. The standard InChI is InChI=1S/C21H26N4O4S2/c1-16-22-17(15-30-16)4-7-21(26)23-19-14-18(5-6-20(19)24-8-2-3-9-24)31(27,28)25-10-12-29-13-11-25/h4-7,14-15H,2-3,8-13H2,1H3,(H,23,26)/b7-4+. The number of nitrogens with one attached hydrogen (secondary N) is 1. The Morgan fingerprint density at radius 2 is 1.94 bits per heavy atom. The van der Waals surface area contributed by atoms with Crippen molar-refractivity contribution in [2.24, 2.45) is 0 Å². The maximum Gasteiger partial charge on any atom is 0.248 e. The maximum absolute atomic E-state index is 13.1. The number of carbonyl (C=O) groups excluding carboxylic acids is 1. The zero-order valence-corrected chi connectivity index (χ0v) is 19.0. The van der Waals surface area contributed by atoms with Crippen LogP contribution in [0.4, 0.5) is 11.4 Å². The van der Waals surface area contributed by atoms with Gasteiger partial charge in [-0.05, 0) is 44.0 Å². The third kappa shape index (κ3) is 5.15. The van der Waals surface area contributed by atoms with Crippen LogP contribution in [0, 0.1) is 6.92 Å². The van der Waals surface area contributed by atoms with Crippen molar-refractivity contribution in [1.29, 1.82) is 0 Å². The monoisotopic (exact) mass is 462 g/mol. The molecule has 2 aliphatic rings. The predicted molar refractivity (Wildman–Crippen MR) is 122 cm³/mol. The summed E-state index contributed by atoms with van der Waals surface area (Å²) in [5, 5.41) is 5.69. The Morgan fingerprint density at radius 1 is 1.19 bits per heavy atom. The summed E-state index contributed by atoms with van der Waals surface area (Å²) in [5.41, 5.74) is 2.06. The quantitative estimate of drug-likeness (QED) is 0.664. The largest absolute Gasteiger partial charge is 0.379 e. The summed E-state index contributed by atoms with van der Waals surface area (Å²) in [7, 11) is -3.66. The Labute approximate surface area is 186 Å². The van der Waals surface area contributed by atoms with Gasteiger partial charge in [-0.1, -0.05) is 0 Å². The highest BCUT2D eigenvalue weighted by Crippen LogP contribution is 2.32. The molecule has 2 aromatic rings. The summed E-state index contributed by atoms with van der Waals surface area (Å²) < 4.78 is 32.9. The normalized spacial score (nSPS) is 18.0. The van der Waals surface area contributed by atoms with E-state index in [2.05, 4.69) is 15.2 Å². The van der Waals surface area contributed by atoms with Crippen LogP contribution in [0.5, 0.6) is 0 Å². The van der Waals surface area contributed by atoms with Crippen LogP contribution in [0.25, 0.3) is 6.08 Å². The second-order valence-corrected chi connectivity index (χ2v) is 10.5. The first-order valence-electron chi connectivity index (χ1n) is 10.3. The molecule has 2 saturated heterocycles. The minimum Gasteiger partial charge on any atom is -0.379 e. The minimum absolute atomic E-state index is 0.173. The molecule has 0 atom stereocenters. The molecule has 166 valence electrons. The second kappa shape index (κ2) is 9.47. The van der Waals surface area contributed by atoms with E-state index in [0.717, 1.165) is 42.3 Å². The average Bonchev–Trinajstić information content (AvgIpc) is 3.45. The Hall–Kier alpha value is -2.27. The summed E-state index contributed by atoms with van der Waals surface area (Å²) in [6.07, 6.45) is 5.22. The van der Waals surface area contributed by atoms with Crippen LogP contribution in [0.15, 0.2) is 34.6 Å². The number of nitrogens with zero attached hydrogens (tertiary/aromatic N) is 3. The molecule has 0 saturated carbocycles. The third-order valence-electron chi connectivity index (χ3n) is 5.32. The molecule has 3 heterocycles. The molecule has 2 fully saturated rings. The lowest BCUT2D eigenvalue weighted by Gasteiger charge is -2.27. The van der Waals surface area contributed by atoms with E-state index in [-0.39, 0.29) is 10.8 Å². The number of anilines is 2. The van der Waals surface area contributed by atoms with Gasteiger partial charge in [0.1, 0.15) is 0 Å². The van der Waals surface area contributed by atoms with Crippen LogP contribution < -0.4 is 10.2 Å². The van der Waals surface area contributed by atoms with E-state index in [1.165, 1.54) is 21.7 Å². The van der Waals surface area contributed by atoms with E-state index in [0.29, 0.717) is 32.0 Å². The summed E-state index contributed by atoms with van der Waals surface area (Å²) in [5.74, 6) is -0.327. The zero-order chi connectivity index (χ0) is 21.8. The van der Waals surface area contributed by atoms with E-state index in [4.69, 9.17) is 4.74 Å². The number of morpholine rings is 1. The van der Waals surface area contributed by atoms with Crippen LogP contribution in [0.3, 0.4) is 0 Å². The van der Waals surface area contributed by atoms with Crippen molar-refractivity contribution in [2.45, 2.75) is 24.7 Å². The lowest BCUT2D eigenvalue weighted by Crippen LogP contribution is -2.40. The summed E-state index contributed by atoms with van der Waals surface area (Å²) in [6, 6.07) is 4.99. The number of carbonyl (C=O) groups is 1. The fourth-order valence-corrected chi connectivity index (χ4v) is 5.75. The molecule has 8 nitrogen and oxygen atoms in total. The Kier molecular flexibility index (Phi) is 6.71. The van der Waals surface area contributed by atoms with Gasteiger partial charge < -0.3 is 15.0 Å². The number of rotatable bonds is 6. The molecule has 1 aromatic carbocycles. The van der Waals surface area contributed by atoms with Gasteiger partial charge in [-0.25, -0.2) is 13.4 Å². The molecule has 0 radical (unpaired) electrons. The number of aryl methyl sites for hydroxylation is 1. The second-order valence-electron chi connectivity index (χ2n) is 7.50. The molecule has 1 amide bonds. The van der Waals surface area contributed by atoms with Gasteiger partial charge in [0.25, 0.3) is 0 Å². The summed E-state index contributed by atoms with van der Waals surface area (Å²) >= 11 is 1.52. The van der Waals surface area contributed by atoms with Gasteiger partial charge in [0.2, 0.25) is 15.9 Å². The van der Waals surface area contributed by atoms with Crippen LogP contribution in [0.1, 0.15) is 23.5 Å². The van der Waals surface area contributed by atoms with Crippen LogP contribution in [0.2, 0.25) is 0 Å². The molecule has 1 aromatic heterocycles. The lowest BCUT2D eigenvalue weighted by atomic mass is 10.2. The number of ether oxygens (including phenoxy) is 1. The molecule has 10 heteroatoms. The SMILES string of the molecule is Cc1nc(/C=C/C(=O)Nc2cc(S(=O)(=O)N3CCOCC3)ccc2N2CCCC2)cs1. The fourth-order valence-electron chi connectivity index (χ4n) is 3.74. The first kappa shape index (κ1) is 21.9. The average molecular weight is 463 g/mol. The van der Waals surface area contributed by atoms with Gasteiger partial charge >= 0.3 is 0 Å². The third-order valence-corrected chi connectivity index (χ3v) is 8.01. The zero-order valence-electron chi connectivity index (χ0n) is 17.4. The van der Waals surface area contributed by atoms with Gasteiger partial charge in [0, 0.05) is 37.6 Å². The number of sulfonamides is 1. The van der Waals surface area contributed by atoms with Crippen molar-refractivity contribution < 1.29 is 17.9 Å². The number of thiazole rings is 1. The Bertz CT molecular complexity index is 1070. The minimum atomic E-state index is -3.66. The highest BCUT2D eigenvalue weighted by molar-refractivity contribution is 7.89. The molecule has 1 N–H and O–H groups in total. The maximum atomic E-state index is 13.1. The first-order chi connectivity index (χ1) is 14.9. The molecular formula is C21H26N4O4S2. The first-order valence-corrected chi connectivity index (χ1v) is 12.6. The van der Waals surface area contributed by atoms with Crippen LogP contribution in [-0.2, 0) is 19.6 Å². The summed E-state index contributed by atoms with van der Waals surface area (Å²) in [4.78, 5) is 19.3. The van der Waals surface area contributed by atoms with E-state index < -0.39 is 10.0 Å². The van der Waals surface area contributed by atoms with E-state index in [9.17, 15) is 13.2 Å². The predicted octanol–water partition coefficient (Wildman–Crippen LogP) is 2.72. The van der Waals surface area contributed by atoms with Crippen molar-refractivity contribution in [3.8, 4) is 0 Å². The molecule has 4 rings (SSSR count). The number of hydrogen-bond acceptors (Lipinski definition) is 7. The fraction of sp³-hybridized carbons (Fsp3) is 0.429. The van der Waals surface area contributed by atoms with Gasteiger partial charge in [0.15, 0.2) is 0 Å². The van der Waals surface area contributed by atoms with Crippen molar-refractivity contribution in [1.82, 2.24) is 9.29 Å². The highest BCUT2D eigenvalue weighted by atomic mass is 32.2. The summed E-state index contributed by atoms with van der Waals surface area (Å²) in [6.45, 7) is 5.09. The molecule has 0 unspecified atom stereocenters. The Morgan fingerprint density at radius 3 is 2.61 bits per heavy atom. The van der Waals surface area contributed by atoms with Crippen molar-refractivity contribution in [3.05, 3.63) is 40.4 Å². The molecule has 0 spiro atoms. The van der Waals surface area contributed by atoms with Gasteiger partial charge in [-0.2, -0.15) is 4.31 Å². The van der Waals surface area contributed by atoms with Gasteiger partial charge in [-0.15, -0.1) is 11.3 Å². The smallest absolute Gasteiger partial charge is 0.248 e.